The second-order valence-corrected chi connectivity index (χ2v) is 7.18. The monoisotopic (exact) mass is 374 g/mol. The zero-order valence-corrected chi connectivity index (χ0v) is 16.9. The molecule has 1 aliphatic rings. The van der Waals surface area contributed by atoms with Crippen LogP contribution in [0, 0.1) is 0 Å². The molecule has 0 saturated carbocycles. The van der Waals surface area contributed by atoms with Crippen molar-refractivity contribution in [3.05, 3.63) is 65.4 Å². The third-order valence-corrected chi connectivity index (χ3v) is 5.55. The van der Waals surface area contributed by atoms with Crippen LogP contribution in [0.5, 0.6) is 0 Å². The number of para-hydroxylation sites is 2. The summed E-state index contributed by atoms with van der Waals surface area (Å²) in [6.45, 7) is 9.86. The quantitative estimate of drug-likeness (QED) is 0.699. The van der Waals surface area contributed by atoms with Crippen molar-refractivity contribution < 1.29 is 4.79 Å². The zero-order chi connectivity index (χ0) is 19.8. The number of ketones is 1. The Hall–Kier alpha value is -3.08. The maximum atomic E-state index is 12.6. The van der Waals surface area contributed by atoms with Crippen molar-refractivity contribution in [2.24, 2.45) is 0 Å². The lowest BCUT2D eigenvalue weighted by Gasteiger charge is -2.30. The topological polar surface area (TPSA) is 50.2 Å². The molecular formula is C23H26N4O. The minimum Gasteiger partial charge on any atom is -0.372 e. The van der Waals surface area contributed by atoms with Gasteiger partial charge in [0.2, 0.25) is 5.95 Å². The van der Waals surface area contributed by atoms with Gasteiger partial charge in [-0.3, -0.25) is 9.36 Å². The van der Waals surface area contributed by atoms with Crippen molar-refractivity contribution in [3.63, 3.8) is 0 Å². The van der Waals surface area contributed by atoms with E-state index in [1.165, 1.54) is 5.69 Å². The van der Waals surface area contributed by atoms with Crippen LogP contribution in [0.4, 0.5) is 11.6 Å². The van der Waals surface area contributed by atoms with Gasteiger partial charge in [-0.05, 0) is 57.5 Å². The summed E-state index contributed by atoms with van der Waals surface area (Å²) < 4.78 is 2.14. The Balaban J connectivity index is 1.89. The zero-order valence-electron chi connectivity index (χ0n) is 16.9. The SMILES string of the molecule is CCN(CC)c1ccc([C@@H]2C(C(C)=O)=C(C)Nc3nc4ccccc4n32)cc1. The number of nitrogens with zero attached hydrogens (tertiary/aromatic N) is 3. The van der Waals surface area contributed by atoms with E-state index in [0.717, 1.165) is 46.9 Å². The maximum absolute atomic E-state index is 12.6. The van der Waals surface area contributed by atoms with Crippen LogP contribution in [-0.4, -0.2) is 28.4 Å². The van der Waals surface area contributed by atoms with Gasteiger partial charge in [0.1, 0.15) is 0 Å². The van der Waals surface area contributed by atoms with E-state index in [1.54, 1.807) is 6.92 Å². The first-order valence-corrected chi connectivity index (χ1v) is 9.85. The summed E-state index contributed by atoms with van der Waals surface area (Å²) in [5, 5.41) is 3.33. The minimum atomic E-state index is -0.188. The van der Waals surface area contributed by atoms with Gasteiger partial charge in [-0.1, -0.05) is 24.3 Å². The van der Waals surface area contributed by atoms with Crippen LogP contribution in [0.3, 0.4) is 0 Å². The van der Waals surface area contributed by atoms with Crippen LogP contribution in [0.15, 0.2) is 59.8 Å². The second kappa shape index (κ2) is 7.15. The van der Waals surface area contributed by atoms with Crippen LogP contribution in [0.25, 0.3) is 11.0 Å². The number of allylic oxidation sites excluding steroid dienone is 2. The number of nitrogens with one attached hydrogen (secondary N) is 1. The third kappa shape index (κ3) is 2.87. The molecular weight excluding hydrogens is 348 g/mol. The predicted octanol–water partition coefficient (Wildman–Crippen LogP) is 4.76. The average molecular weight is 374 g/mol. The van der Waals surface area contributed by atoms with Crippen molar-refractivity contribution in [2.45, 2.75) is 33.7 Å². The highest BCUT2D eigenvalue weighted by Gasteiger charge is 2.32. The van der Waals surface area contributed by atoms with E-state index in [2.05, 4.69) is 59.0 Å². The summed E-state index contributed by atoms with van der Waals surface area (Å²) in [6.07, 6.45) is 0. The summed E-state index contributed by atoms with van der Waals surface area (Å²) in [6, 6.07) is 16.4. The summed E-state index contributed by atoms with van der Waals surface area (Å²) >= 11 is 0. The highest BCUT2D eigenvalue weighted by Crippen LogP contribution is 2.39. The lowest BCUT2D eigenvalue weighted by atomic mass is 9.92. The van der Waals surface area contributed by atoms with Crippen LogP contribution < -0.4 is 10.2 Å². The average Bonchev–Trinajstić information content (AvgIpc) is 3.06. The van der Waals surface area contributed by atoms with Crippen LogP contribution in [0.2, 0.25) is 0 Å². The molecule has 2 aromatic carbocycles. The molecule has 1 atom stereocenters. The molecule has 0 fully saturated rings. The molecule has 0 unspecified atom stereocenters. The normalized spacial score (nSPS) is 16.1. The molecule has 5 heteroatoms. The van der Waals surface area contributed by atoms with Gasteiger partial charge in [-0.2, -0.15) is 0 Å². The number of anilines is 2. The first kappa shape index (κ1) is 18.3. The minimum absolute atomic E-state index is 0.0752. The molecule has 0 spiro atoms. The number of Topliss-reactive ketones (excluding diaryl/α,β-unsaturated/α-hetero) is 1. The largest absolute Gasteiger partial charge is 0.372 e. The Morgan fingerprint density at radius 1 is 1.11 bits per heavy atom. The number of hydrogen-bond donors (Lipinski definition) is 1. The molecule has 1 aliphatic heterocycles. The molecule has 2 heterocycles. The third-order valence-electron chi connectivity index (χ3n) is 5.55. The molecule has 0 bridgehead atoms. The van der Waals surface area contributed by atoms with Gasteiger partial charge in [0.25, 0.3) is 0 Å². The van der Waals surface area contributed by atoms with Gasteiger partial charge in [0.15, 0.2) is 5.78 Å². The number of hydrogen-bond acceptors (Lipinski definition) is 4. The molecule has 0 aliphatic carbocycles. The van der Waals surface area contributed by atoms with Crippen molar-refractivity contribution in [1.82, 2.24) is 9.55 Å². The van der Waals surface area contributed by atoms with Crippen molar-refractivity contribution in [1.29, 1.82) is 0 Å². The van der Waals surface area contributed by atoms with E-state index in [9.17, 15) is 4.79 Å². The van der Waals surface area contributed by atoms with Crippen molar-refractivity contribution in [2.75, 3.05) is 23.3 Å². The number of rotatable bonds is 5. The first-order chi connectivity index (χ1) is 13.5. The highest BCUT2D eigenvalue weighted by atomic mass is 16.1. The van der Waals surface area contributed by atoms with Crippen LogP contribution >= 0.6 is 0 Å². The predicted molar refractivity (Wildman–Crippen MR) is 115 cm³/mol. The van der Waals surface area contributed by atoms with E-state index in [-0.39, 0.29) is 11.8 Å². The molecule has 4 rings (SSSR count). The lowest BCUT2D eigenvalue weighted by Crippen LogP contribution is -2.27. The van der Waals surface area contributed by atoms with Gasteiger partial charge in [-0.15, -0.1) is 0 Å². The van der Waals surface area contributed by atoms with Gasteiger partial charge in [0, 0.05) is 30.0 Å². The fourth-order valence-corrected chi connectivity index (χ4v) is 4.19. The number of imidazole rings is 1. The van der Waals surface area contributed by atoms with Crippen molar-refractivity contribution in [3.8, 4) is 0 Å². The fourth-order valence-electron chi connectivity index (χ4n) is 4.19. The first-order valence-electron chi connectivity index (χ1n) is 9.85. The fraction of sp³-hybridized carbons (Fsp3) is 0.304. The Morgan fingerprint density at radius 3 is 2.43 bits per heavy atom. The second-order valence-electron chi connectivity index (χ2n) is 7.18. The number of benzene rings is 2. The summed E-state index contributed by atoms with van der Waals surface area (Å²) in [5.41, 5.74) is 5.88. The molecule has 1 aromatic heterocycles. The van der Waals surface area contributed by atoms with Gasteiger partial charge < -0.3 is 10.2 Å². The van der Waals surface area contributed by atoms with Crippen LogP contribution in [-0.2, 0) is 4.79 Å². The van der Waals surface area contributed by atoms with Gasteiger partial charge in [-0.25, -0.2) is 4.98 Å². The number of carbonyl (C=O) groups is 1. The van der Waals surface area contributed by atoms with E-state index < -0.39 is 0 Å². The Morgan fingerprint density at radius 2 is 1.79 bits per heavy atom. The van der Waals surface area contributed by atoms with Crippen molar-refractivity contribution >= 4 is 28.5 Å². The molecule has 0 saturated heterocycles. The highest BCUT2D eigenvalue weighted by molar-refractivity contribution is 5.97. The Labute approximate surface area is 165 Å². The van der Waals surface area contributed by atoms with Gasteiger partial charge in [0.05, 0.1) is 17.1 Å². The molecule has 144 valence electrons. The summed E-state index contributed by atoms with van der Waals surface area (Å²) in [5.74, 6) is 0.854. The molecule has 3 aromatic rings. The molecule has 5 nitrogen and oxygen atoms in total. The number of fused-ring (bicyclic) bond motifs is 3. The van der Waals surface area contributed by atoms with E-state index in [0.29, 0.717) is 0 Å². The standard InChI is InChI=1S/C23H26N4O/c1-5-26(6-2)18-13-11-17(12-14-18)22-21(16(4)28)15(3)24-23-25-19-9-7-8-10-20(19)27(22)23/h7-14,22H,5-6H2,1-4H3,(H,24,25)/t22-/m1/s1. The summed E-state index contributed by atoms with van der Waals surface area (Å²) in [7, 11) is 0. The molecule has 28 heavy (non-hydrogen) atoms. The van der Waals surface area contributed by atoms with E-state index in [4.69, 9.17) is 4.98 Å². The molecule has 0 radical (unpaired) electrons. The van der Waals surface area contributed by atoms with Gasteiger partial charge >= 0.3 is 0 Å². The summed E-state index contributed by atoms with van der Waals surface area (Å²) in [4.78, 5) is 19.6. The van der Waals surface area contributed by atoms with E-state index >= 15 is 0 Å². The molecule has 1 N–H and O–H groups in total. The number of aromatic nitrogens is 2. The number of carbonyl (C=O) groups excluding carboxylic acids is 1. The lowest BCUT2D eigenvalue weighted by molar-refractivity contribution is -0.114. The molecule has 0 amide bonds. The smallest absolute Gasteiger partial charge is 0.209 e. The van der Waals surface area contributed by atoms with E-state index in [1.807, 2.05) is 25.1 Å². The van der Waals surface area contributed by atoms with Crippen LogP contribution in [0.1, 0.15) is 39.3 Å². The Bertz CT molecular complexity index is 1060. The maximum Gasteiger partial charge on any atom is 0.209 e. The Kier molecular flexibility index (Phi) is 4.67.